The van der Waals surface area contributed by atoms with Crippen molar-refractivity contribution in [3.05, 3.63) is 58.7 Å². The summed E-state index contributed by atoms with van der Waals surface area (Å²) in [6.07, 6.45) is 0. The average Bonchev–Trinajstić information content (AvgIpc) is 2.64. The van der Waals surface area contributed by atoms with Gasteiger partial charge in [-0.3, -0.25) is 4.90 Å². The molecule has 0 amide bonds. The predicted octanol–water partition coefficient (Wildman–Crippen LogP) is 3.32. The van der Waals surface area contributed by atoms with Crippen molar-refractivity contribution in [2.24, 2.45) is 0 Å². The number of methoxy groups -OCH3 is 2. The molecule has 2 aromatic carbocycles. The van der Waals surface area contributed by atoms with Crippen LogP contribution in [0.4, 0.5) is 0 Å². The number of hydrogen-bond donors (Lipinski definition) is 1. The van der Waals surface area contributed by atoms with Crippen LogP contribution in [0.25, 0.3) is 0 Å². The second kappa shape index (κ2) is 7.89. The van der Waals surface area contributed by atoms with Crippen molar-refractivity contribution in [3.8, 4) is 11.5 Å². The fourth-order valence-electron chi connectivity index (χ4n) is 3.68. The highest BCUT2D eigenvalue weighted by Gasteiger charge is 2.26. The van der Waals surface area contributed by atoms with Crippen LogP contribution in [-0.2, 0) is 0 Å². The zero-order valence-corrected chi connectivity index (χ0v) is 15.6. The Morgan fingerprint density at radius 2 is 1.64 bits per heavy atom. The Morgan fingerprint density at radius 1 is 0.920 bits per heavy atom. The van der Waals surface area contributed by atoms with E-state index in [0.29, 0.717) is 0 Å². The highest BCUT2D eigenvalue weighted by molar-refractivity contribution is 5.47. The molecule has 1 aliphatic rings. The van der Waals surface area contributed by atoms with Crippen LogP contribution in [0.5, 0.6) is 11.5 Å². The van der Waals surface area contributed by atoms with Gasteiger partial charge in [0.25, 0.3) is 0 Å². The van der Waals surface area contributed by atoms with Crippen LogP contribution in [0.3, 0.4) is 0 Å². The average molecular weight is 340 g/mol. The molecule has 25 heavy (non-hydrogen) atoms. The SMILES string of the molecule is COc1ccc(C(c2ccc(C)cc2C)N2CCNCC2)cc1OC. The summed E-state index contributed by atoms with van der Waals surface area (Å²) in [7, 11) is 3.37. The number of hydrogen-bond acceptors (Lipinski definition) is 4. The maximum atomic E-state index is 5.54. The number of rotatable bonds is 5. The summed E-state index contributed by atoms with van der Waals surface area (Å²) in [6.45, 7) is 8.47. The first-order chi connectivity index (χ1) is 12.1. The summed E-state index contributed by atoms with van der Waals surface area (Å²) in [4.78, 5) is 2.55. The lowest BCUT2D eigenvalue weighted by Crippen LogP contribution is -2.45. The fourth-order valence-corrected chi connectivity index (χ4v) is 3.68. The number of nitrogens with one attached hydrogen (secondary N) is 1. The lowest BCUT2D eigenvalue weighted by atomic mass is 9.92. The van der Waals surface area contributed by atoms with Crippen LogP contribution in [0.15, 0.2) is 36.4 Å². The molecule has 3 rings (SSSR count). The molecular formula is C21H28N2O2. The Morgan fingerprint density at radius 3 is 2.28 bits per heavy atom. The number of aryl methyl sites for hydroxylation is 2. The zero-order chi connectivity index (χ0) is 17.8. The van der Waals surface area contributed by atoms with Gasteiger partial charge in [0, 0.05) is 26.2 Å². The van der Waals surface area contributed by atoms with Crippen molar-refractivity contribution in [2.75, 3.05) is 40.4 Å². The minimum Gasteiger partial charge on any atom is -0.493 e. The van der Waals surface area contributed by atoms with Gasteiger partial charge in [-0.05, 0) is 42.7 Å². The van der Waals surface area contributed by atoms with Gasteiger partial charge in [0.05, 0.1) is 20.3 Å². The van der Waals surface area contributed by atoms with E-state index in [1.807, 2.05) is 6.07 Å². The molecule has 1 heterocycles. The predicted molar refractivity (Wildman–Crippen MR) is 102 cm³/mol. The molecule has 1 aliphatic heterocycles. The van der Waals surface area contributed by atoms with Crippen molar-refractivity contribution < 1.29 is 9.47 Å². The minimum absolute atomic E-state index is 0.225. The van der Waals surface area contributed by atoms with Crippen molar-refractivity contribution in [2.45, 2.75) is 19.9 Å². The Hall–Kier alpha value is -2.04. The first-order valence-electron chi connectivity index (χ1n) is 8.88. The van der Waals surface area contributed by atoms with E-state index in [0.717, 1.165) is 37.7 Å². The molecule has 0 bridgehead atoms. The summed E-state index contributed by atoms with van der Waals surface area (Å²) in [5.74, 6) is 1.55. The molecule has 0 spiro atoms. The molecular weight excluding hydrogens is 312 g/mol. The van der Waals surface area contributed by atoms with Gasteiger partial charge >= 0.3 is 0 Å². The molecule has 1 fully saturated rings. The molecule has 4 heteroatoms. The molecule has 4 nitrogen and oxygen atoms in total. The van der Waals surface area contributed by atoms with Crippen molar-refractivity contribution in [3.63, 3.8) is 0 Å². The zero-order valence-electron chi connectivity index (χ0n) is 15.6. The van der Waals surface area contributed by atoms with Gasteiger partial charge in [-0.1, -0.05) is 29.8 Å². The van der Waals surface area contributed by atoms with Crippen LogP contribution < -0.4 is 14.8 Å². The smallest absolute Gasteiger partial charge is 0.161 e. The van der Waals surface area contributed by atoms with E-state index in [1.54, 1.807) is 14.2 Å². The van der Waals surface area contributed by atoms with Gasteiger partial charge in [-0.15, -0.1) is 0 Å². The van der Waals surface area contributed by atoms with Gasteiger partial charge in [0.1, 0.15) is 0 Å². The van der Waals surface area contributed by atoms with E-state index >= 15 is 0 Å². The van der Waals surface area contributed by atoms with Crippen molar-refractivity contribution >= 4 is 0 Å². The standard InChI is InChI=1S/C21H28N2O2/c1-15-5-7-18(16(2)13-15)21(23-11-9-22-10-12-23)17-6-8-19(24-3)20(14-17)25-4/h5-8,13-14,21-22H,9-12H2,1-4H3. The topological polar surface area (TPSA) is 33.7 Å². The van der Waals surface area contributed by atoms with Gasteiger partial charge in [-0.2, -0.15) is 0 Å². The largest absolute Gasteiger partial charge is 0.493 e. The molecule has 1 saturated heterocycles. The van der Waals surface area contributed by atoms with Crippen LogP contribution in [0.2, 0.25) is 0 Å². The molecule has 1 N–H and O–H groups in total. The van der Waals surface area contributed by atoms with Gasteiger partial charge in [0.15, 0.2) is 11.5 Å². The Balaban J connectivity index is 2.07. The summed E-state index contributed by atoms with van der Waals surface area (Å²) < 4.78 is 11.0. The summed E-state index contributed by atoms with van der Waals surface area (Å²) in [6, 6.07) is 13.3. The van der Waals surface area contributed by atoms with Crippen LogP contribution >= 0.6 is 0 Å². The lowest BCUT2D eigenvalue weighted by molar-refractivity contribution is 0.197. The summed E-state index contributed by atoms with van der Waals surface area (Å²) >= 11 is 0. The number of benzene rings is 2. The molecule has 2 aromatic rings. The monoisotopic (exact) mass is 340 g/mol. The molecule has 0 radical (unpaired) electrons. The fraction of sp³-hybridized carbons (Fsp3) is 0.429. The van der Waals surface area contributed by atoms with E-state index in [2.05, 4.69) is 54.4 Å². The van der Waals surface area contributed by atoms with Gasteiger partial charge < -0.3 is 14.8 Å². The highest BCUT2D eigenvalue weighted by Crippen LogP contribution is 2.36. The maximum absolute atomic E-state index is 5.54. The molecule has 134 valence electrons. The molecule has 1 atom stereocenters. The van der Waals surface area contributed by atoms with Crippen molar-refractivity contribution in [1.82, 2.24) is 10.2 Å². The number of nitrogens with zero attached hydrogens (tertiary/aromatic N) is 1. The second-order valence-corrected chi connectivity index (χ2v) is 6.66. The number of ether oxygens (including phenoxy) is 2. The van der Waals surface area contributed by atoms with E-state index in [4.69, 9.17) is 9.47 Å². The molecule has 0 aromatic heterocycles. The van der Waals surface area contributed by atoms with E-state index in [-0.39, 0.29) is 6.04 Å². The Kier molecular flexibility index (Phi) is 5.61. The summed E-state index contributed by atoms with van der Waals surface area (Å²) in [5, 5.41) is 3.45. The third-order valence-electron chi connectivity index (χ3n) is 4.96. The summed E-state index contributed by atoms with van der Waals surface area (Å²) in [5.41, 5.74) is 5.23. The highest BCUT2D eigenvalue weighted by atomic mass is 16.5. The van der Waals surface area contributed by atoms with E-state index in [9.17, 15) is 0 Å². The molecule has 0 saturated carbocycles. The van der Waals surface area contributed by atoms with E-state index < -0.39 is 0 Å². The van der Waals surface area contributed by atoms with E-state index in [1.165, 1.54) is 22.3 Å². The second-order valence-electron chi connectivity index (χ2n) is 6.66. The minimum atomic E-state index is 0.225. The third-order valence-corrected chi connectivity index (χ3v) is 4.96. The first-order valence-corrected chi connectivity index (χ1v) is 8.88. The number of piperazine rings is 1. The quantitative estimate of drug-likeness (QED) is 0.905. The third kappa shape index (κ3) is 3.80. The Bertz CT molecular complexity index is 724. The normalized spacial score (nSPS) is 16.5. The van der Waals surface area contributed by atoms with Crippen LogP contribution in [0, 0.1) is 13.8 Å². The van der Waals surface area contributed by atoms with Crippen molar-refractivity contribution in [1.29, 1.82) is 0 Å². The first kappa shape index (κ1) is 17.8. The molecule has 0 aliphatic carbocycles. The van der Waals surface area contributed by atoms with Crippen LogP contribution in [0.1, 0.15) is 28.3 Å². The van der Waals surface area contributed by atoms with Crippen LogP contribution in [-0.4, -0.2) is 45.3 Å². The van der Waals surface area contributed by atoms with Gasteiger partial charge in [-0.25, -0.2) is 0 Å². The lowest BCUT2D eigenvalue weighted by Gasteiger charge is -2.36. The maximum Gasteiger partial charge on any atom is 0.161 e. The molecule has 1 unspecified atom stereocenters. The Labute approximate surface area is 150 Å². The van der Waals surface area contributed by atoms with Gasteiger partial charge in [0.2, 0.25) is 0 Å².